The van der Waals surface area contributed by atoms with Crippen molar-refractivity contribution in [3.63, 3.8) is 0 Å². The van der Waals surface area contributed by atoms with Crippen LogP contribution in [0.3, 0.4) is 0 Å². The van der Waals surface area contributed by atoms with Crippen molar-refractivity contribution in [2.24, 2.45) is 5.92 Å². The molecule has 70 valence electrons. The lowest BCUT2D eigenvalue weighted by Crippen LogP contribution is -2.07. The van der Waals surface area contributed by atoms with Crippen LogP contribution in [-0.4, -0.2) is 13.1 Å². The molecule has 1 fully saturated rings. The fourth-order valence-electron chi connectivity index (χ4n) is 1.97. The highest BCUT2D eigenvalue weighted by Gasteiger charge is 2.24. The van der Waals surface area contributed by atoms with Crippen LogP contribution in [0.4, 0.5) is 4.39 Å². The molecule has 2 heteroatoms. The van der Waals surface area contributed by atoms with Gasteiger partial charge < -0.3 is 5.32 Å². The monoisotopic (exact) mass is 179 g/mol. The van der Waals surface area contributed by atoms with Gasteiger partial charge in [0.25, 0.3) is 0 Å². The van der Waals surface area contributed by atoms with Gasteiger partial charge in [0.1, 0.15) is 5.82 Å². The summed E-state index contributed by atoms with van der Waals surface area (Å²) in [5.74, 6) is 1.06. The lowest BCUT2D eigenvalue weighted by atomic mass is 9.90. The van der Waals surface area contributed by atoms with E-state index in [1.54, 1.807) is 12.1 Å². The minimum Gasteiger partial charge on any atom is -0.316 e. The van der Waals surface area contributed by atoms with E-state index in [9.17, 15) is 4.39 Å². The van der Waals surface area contributed by atoms with Gasteiger partial charge in [0.05, 0.1) is 0 Å². The zero-order valence-corrected chi connectivity index (χ0v) is 7.76. The van der Waals surface area contributed by atoms with Gasteiger partial charge in [-0.2, -0.15) is 0 Å². The second-order valence-electron chi connectivity index (χ2n) is 3.79. The fourth-order valence-corrected chi connectivity index (χ4v) is 1.97. The van der Waals surface area contributed by atoms with Crippen molar-refractivity contribution < 1.29 is 4.39 Å². The van der Waals surface area contributed by atoms with Gasteiger partial charge in [0.2, 0.25) is 0 Å². The largest absolute Gasteiger partial charge is 0.316 e. The van der Waals surface area contributed by atoms with Crippen molar-refractivity contribution >= 4 is 0 Å². The lowest BCUT2D eigenvalue weighted by Gasteiger charge is -2.13. The summed E-state index contributed by atoms with van der Waals surface area (Å²) in [6.07, 6.45) is 0. The van der Waals surface area contributed by atoms with E-state index in [1.807, 2.05) is 12.1 Å². The molecular formula is C11H14FN. The van der Waals surface area contributed by atoms with E-state index in [2.05, 4.69) is 12.2 Å². The molecule has 2 rings (SSSR count). The number of hydrogen-bond donors (Lipinski definition) is 1. The number of nitrogens with one attached hydrogen (secondary N) is 1. The van der Waals surface area contributed by atoms with Gasteiger partial charge in [0, 0.05) is 12.5 Å². The Morgan fingerprint density at radius 1 is 1.23 bits per heavy atom. The molecule has 1 heterocycles. The minimum atomic E-state index is -0.151. The molecular weight excluding hydrogens is 165 g/mol. The highest BCUT2D eigenvalue weighted by Crippen LogP contribution is 2.27. The normalized spacial score (nSPS) is 27.8. The number of hydrogen-bond acceptors (Lipinski definition) is 1. The SMILES string of the molecule is C[C@H]1CNC[C@H]1c1ccc(F)cc1. The zero-order chi connectivity index (χ0) is 9.26. The Balaban J connectivity index is 2.20. The third-order valence-corrected chi connectivity index (χ3v) is 2.82. The highest BCUT2D eigenvalue weighted by molar-refractivity contribution is 5.22. The molecule has 1 aromatic rings. The van der Waals surface area contributed by atoms with Crippen LogP contribution in [0.2, 0.25) is 0 Å². The molecule has 1 aliphatic heterocycles. The molecule has 0 aliphatic carbocycles. The average molecular weight is 179 g/mol. The van der Waals surface area contributed by atoms with E-state index in [-0.39, 0.29) is 5.82 Å². The van der Waals surface area contributed by atoms with Crippen molar-refractivity contribution in [3.05, 3.63) is 35.6 Å². The zero-order valence-electron chi connectivity index (χ0n) is 7.76. The molecule has 1 saturated heterocycles. The average Bonchev–Trinajstić information content (AvgIpc) is 2.53. The van der Waals surface area contributed by atoms with Gasteiger partial charge in [-0.05, 0) is 30.2 Å². The lowest BCUT2D eigenvalue weighted by molar-refractivity contribution is 0.569. The van der Waals surface area contributed by atoms with Crippen LogP contribution in [0.15, 0.2) is 24.3 Å². The smallest absolute Gasteiger partial charge is 0.123 e. The Hall–Kier alpha value is -0.890. The first kappa shape index (κ1) is 8.70. The topological polar surface area (TPSA) is 12.0 Å². The summed E-state index contributed by atoms with van der Waals surface area (Å²) in [6.45, 7) is 4.32. The van der Waals surface area contributed by atoms with E-state index < -0.39 is 0 Å². The van der Waals surface area contributed by atoms with Crippen LogP contribution in [0.1, 0.15) is 18.4 Å². The molecule has 0 amide bonds. The van der Waals surface area contributed by atoms with Crippen LogP contribution < -0.4 is 5.32 Å². The summed E-state index contributed by atoms with van der Waals surface area (Å²) < 4.78 is 12.7. The van der Waals surface area contributed by atoms with Gasteiger partial charge in [0.15, 0.2) is 0 Å². The Kier molecular flexibility index (Phi) is 2.32. The Morgan fingerprint density at radius 3 is 2.46 bits per heavy atom. The molecule has 0 spiro atoms. The van der Waals surface area contributed by atoms with E-state index in [4.69, 9.17) is 0 Å². The predicted octanol–water partition coefficient (Wildman–Crippen LogP) is 2.15. The van der Waals surface area contributed by atoms with Crippen molar-refractivity contribution in [1.82, 2.24) is 5.32 Å². The second-order valence-corrected chi connectivity index (χ2v) is 3.79. The van der Waals surface area contributed by atoms with Crippen LogP contribution in [-0.2, 0) is 0 Å². The van der Waals surface area contributed by atoms with Crippen molar-refractivity contribution in [2.45, 2.75) is 12.8 Å². The van der Waals surface area contributed by atoms with Gasteiger partial charge in [-0.1, -0.05) is 19.1 Å². The molecule has 0 bridgehead atoms. The van der Waals surface area contributed by atoms with E-state index in [1.165, 1.54) is 5.56 Å². The van der Waals surface area contributed by atoms with Crippen LogP contribution >= 0.6 is 0 Å². The van der Waals surface area contributed by atoms with Crippen molar-refractivity contribution in [1.29, 1.82) is 0 Å². The second kappa shape index (κ2) is 3.46. The predicted molar refractivity (Wildman–Crippen MR) is 51.2 cm³/mol. The van der Waals surface area contributed by atoms with E-state index in [0.717, 1.165) is 13.1 Å². The van der Waals surface area contributed by atoms with Crippen LogP contribution in [0.25, 0.3) is 0 Å². The summed E-state index contributed by atoms with van der Waals surface area (Å²) in [4.78, 5) is 0. The summed E-state index contributed by atoms with van der Waals surface area (Å²) in [5, 5.41) is 3.34. The quantitative estimate of drug-likeness (QED) is 0.696. The maximum Gasteiger partial charge on any atom is 0.123 e. The Bertz CT molecular complexity index is 281. The minimum absolute atomic E-state index is 0.151. The van der Waals surface area contributed by atoms with Gasteiger partial charge >= 0.3 is 0 Å². The standard InChI is InChI=1S/C11H14FN/c1-8-6-13-7-11(8)9-2-4-10(12)5-3-9/h2-5,8,11,13H,6-7H2,1H3/t8-,11+/m0/s1. The summed E-state index contributed by atoms with van der Waals surface area (Å²) in [7, 11) is 0. The summed E-state index contributed by atoms with van der Waals surface area (Å²) >= 11 is 0. The molecule has 1 aromatic carbocycles. The van der Waals surface area contributed by atoms with Crippen LogP contribution in [0, 0.1) is 11.7 Å². The maximum absolute atomic E-state index is 12.7. The molecule has 1 N–H and O–H groups in total. The molecule has 0 saturated carbocycles. The Labute approximate surface area is 78.0 Å². The number of rotatable bonds is 1. The fraction of sp³-hybridized carbons (Fsp3) is 0.455. The molecule has 2 atom stereocenters. The maximum atomic E-state index is 12.7. The molecule has 0 unspecified atom stereocenters. The first-order chi connectivity index (χ1) is 6.27. The third-order valence-electron chi connectivity index (χ3n) is 2.82. The third kappa shape index (κ3) is 1.73. The molecule has 0 radical (unpaired) electrons. The van der Waals surface area contributed by atoms with Crippen molar-refractivity contribution in [3.8, 4) is 0 Å². The van der Waals surface area contributed by atoms with Crippen LogP contribution in [0.5, 0.6) is 0 Å². The van der Waals surface area contributed by atoms with E-state index in [0.29, 0.717) is 11.8 Å². The summed E-state index contributed by atoms with van der Waals surface area (Å²) in [6, 6.07) is 6.87. The molecule has 13 heavy (non-hydrogen) atoms. The first-order valence-electron chi connectivity index (χ1n) is 4.73. The summed E-state index contributed by atoms with van der Waals surface area (Å²) in [5.41, 5.74) is 1.25. The van der Waals surface area contributed by atoms with Gasteiger partial charge in [-0.25, -0.2) is 4.39 Å². The molecule has 1 nitrogen and oxygen atoms in total. The van der Waals surface area contributed by atoms with E-state index >= 15 is 0 Å². The highest BCUT2D eigenvalue weighted by atomic mass is 19.1. The van der Waals surface area contributed by atoms with Gasteiger partial charge in [-0.15, -0.1) is 0 Å². The molecule has 1 aliphatic rings. The van der Waals surface area contributed by atoms with Gasteiger partial charge in [-0.3, -0.25) is 0 Å². The Morgan fingerprint density at radius 2 is 1.92 bits per heavy atom. The number of benzene rings is 1. The van der Waals surface area contributed by atoms with Crippen molar-refractivity contribution in [2.75, 3.05) is 13.1 Å². The molecule has 0 aromatic heterocycles. The first-order valence-corrected chi connectivity index (χ1v) is 4.73. The number of halogens is 1.